The van der Waals surface area contributed by atoms with Crippen molar-refractivity contribution in [1.29, 1.82) is 0 Å². The largest absolute Gasteiger partial charge is 0.476 e. The topological polar surface area (TPSA) is 90.2 Å². The van der Waals surface area contributed by atoms with E-state index in [1.54, 1.807) is 0 Å². The highest BCUT2D eigenvalue weighted by Gasteiger charge is 2.28. The fourth-order valence-corrected chi connectivity index (χ4v) is 2.57. The number of methoxy groups -OCH3 is 1. The number of aromatic nitrogens is 2. The molecule has 1 aromatic heterocycles. The molecule has 1 aliphatic rings. The Labute approximate surface area is 111 Å². The molecule has 7 heteroatoms. The van der Waals surface area contributed by atoms with Crippen molar-refractivity contribution >= 4 is 11.5 Å². The van der Waals surface area contributed by atoms with Crippen LogP contribution in [0.25, 0.3) is 0 Å². The second-order valence-corrected chi connectivity index (χ2v) is 4.81. The third-order valence-corrected chi connectivity index (χ3v) is 3.64. The van der Waals surface area contributed by atoms with Crippen molar-refractivity contribution in [1.82, 2.24) is 9.97 Å². The minimum Gasteiger partial charge on any atom is -0.476 e. The van der Waals surface area contributed by atoms with E-state index in [0.29, 0.717) is 5.92 Å². The molecular weight excluding hydrogens is 248 g/mol. The van der Waals surface area contributed by atoms with Crippen molar-refractivity contribution in [2.24, 2.45) is 5.92 Å². The van der Waals surface area contributed by atoms with Crippen LogP contribution in [-0.2, 0) is 0 Å². The normalized spacial score (nSPS) is 17.2. The van der Waals surface area contributed by atoms with Gasteiger partial charge in [-0.1, -0.05) is 12.8 Å². The maximum absolute atomic E-state index is 11.1. The first-order chi connectivity index (χ1) is 9.13. The van der Waals surface area contributed by atoms with Gasteiger partial charge in [0, 0.05) is 6.04 Å². The van der Waals surface area contributed by atoms with Crippen molar-refractivity contribution in [2.45, 2.75) is 38.6 Å². The molecular formula is C12H18N4O3. The SMILES string of the molecule is COc1ncnc(NC(C)C2CCCC2)c1[N+](=O)[O-]. The molecule has 1 heterocycles. The first-order valence-corrected chi connectivity index (χ1v) is 6.43. The van der Waals surface area contributed by atoms with E-state index in [1.165, 1.54) is 26.3 Å². The summed E-state index contributed by atoms with van der Waals surface area (Å²) < 4.78 is 4.92. The third-order valence-electron chi connectivity index (χ3n) is 3.64. The van der Waals surface area contributed by atoms with Crippen molar-refractivity contribution in [3.63, 3.8) is 0 Å². The third kappa shape index (κ3) is 2.91. The molecule has 0 aliphatic heterocycles. The summed E-state index contributed by atoms with van der Waals surface area (Å²) in [5.41, 5.74) is -0.199. The van der Waals surface area contributed by atoms with Gasteiger partial charge in [0.1, 0.15) is 6.33 Å². The van der Waals surface area contributed by atoms with Crippen LogP contribution in [0.1, 0.15) is 32.6 Å². The molecule has 1 saturated carbocycles. The van der Waals surface area contributed by atoms with E-state index in [0.717, 1.165) is 12.8 Å². The van der Waals surface area contributed by atoms with Crippen LogP contribution in [0.4, 0.5) is 11.5 Å². The lowest BCUT2D eigenvalue weighted by atomic mass is 10.00. The molecule has 1 aliphatic carbocycles. The smallest absolute Gasteiger partial charge is 0.372 e. The van der Waals surface area contributed by atoms with Crippen LogP contribution in [0.2, 0.25) is 0 Å². The van der Waals surface area contributed by atoms with Gasteiger partial charge in [-0.05, 0) is 25.7 Å². The number of hydrogen-bond donors (Lipinski definition) is 1. The van der Waals surface area contributed by atoms with Gasteiger partial charge in [-0.15, -0.1) is 0 Å². The Hall–Kier alpha value is -1.92. The lowest BCUT2D eigenvalue weighted by Gasteiger charge is -2.20. The highest BCUT2D eigenvalue weighted by atomic mass is 16.6. The fraction of sp³-hybridized carbons (Fsp3) is 0.667. The van der Waals surface area contributed by atoms with E-state index in [-0.39, 0.29) is 23.4 Å². The summed E-state index contributed by atoms with van der Waals surface area (Å²) in [5, 5.41) is 14.2. The summed E-state index contributed by atoms with van der Waals surface area (Å²) in [6.07, 6.45) is 6.04. The van der Waals surface area contributed by atoms with Gasteiger partial charge >= 0.3 is 5.69 Å². The summed E-state index contributed by atoms with van der Waals surface area (Å²) in [7, 11) is 1.36. The van der Waals surface area contributed by atoms with Gasteiger partial charge in [0.2, 0.25) is 5.82 Å². The van der Waals surface area contributed by atoms with Crippen LogP contribution in [0.15, 0.2) is 6.33 Å². The van der Waals surface area contributed by atoms with Gasteiger partial charge in [-0.25, -0.2) is 4.98 Å². The minimum atomic E-state index is -0.511. The fourth-order valence-electron chi connectivity index (χ4n) is 2.57. The molecule has 1 atom stereocenters. The van der Waals surface area contributed by atoms with Crippen molar-refractivity contribution in [3.8, 4) is 5.88 Å². The van der Waals surface area contributed by atoms with Crippen molar-refractivity contribution in [2.75, 3.05) is 12.4 Å². The number of nitro groups is 1. The minimum absolute atomic E-state index is 0.0129. The average molecular weight is 266 g/mol. The summed E-state index contributed by atoms with van der Waals surface area (Å²) >= 11 is 0. The van der Waals surface area contributed by atoms with Gasteiger partial charge in [0.25, 0.3) is 5.88 Å². The summed E-state index contributed by atoms with van der Waals surface area (Å²) in [6, 6.07) is 0.154. The number of hydrogen-bond acceptors (Lipinski definition) is 6. The zero-order valence-electron chi connectivity index (χ0n) is 11.1. The van der Waals surface area contributed by atoms with Crippen LogP contribution >= 0.6 is 0 Å². The monoisotopic (exact) mass is 266 g/mol. The van der Waals surface area contributed by atoms with Gasteiger partial charge in [-0.2, -0.15) is 4.98 Å². The molecule has 0 aromatic carbocycles. The van der Waals surface area contributed by atoms with E-state index in [1.807, 2.05) is 6.92 Å². The second kappa shape index (κ2) is 5.81. The number of nitrogens with zero attached hydrogens (tertiary/aromatic N) is 3. The van der Waals surface area contributed by atoms with Gasteiger partial charge in [0.05, 0.1) is 12.0 Å². The summed E-state index contributed by atoms with van der Waals surface area (Å²) in [4.78, 5) is 18.3. The Bertz CT molecular complexity index is 460. The average Bonchev–Trinajstić information content (AvgIpc) is 2.92. The summed E-state index contributed by atoms with van der Waals surface area (Å²) in [5.74, 6) is 0.762. The van der Waals surface area contributed by atoms with E-state index >= 15 is 0 Å². The zero-order valence-corrected chi connectivity index (χ0v) is 11.1. The Balaban J connectivity index is 2.21. The van der Waals surface area contributed by atoms with Crippen molar-refractivity contribution < 1.29 is 9.66 Å². The van der Waals surface area contributed by atoms with Crippen LogP contribution in [-0.4, -0.2) is 28.0 Å². The predicted molar refractivity (Wildman–Crippen MR) is 70.3 cm³/mol. The first-order valence-electron chi connectivity index (χ1n) is 6.43. The molecule has 104 valence electrons. The van der Waals surface area contributed by atoms with E-state index in [2.05, 4.69) is 15.3 Å². The quantitative estimate of drug-likeness (QED) is 0.650. The highest BCUT2D eigenvalue weighted by Crippen LogP contribution is 2.34. The molecule has 2 rings (SSSR count). The molecule has 0 radical (unpaired) electrons. The number of nitrogens with one attached hydrogen (secondary N) is 1. The molecule has 0 saturated heterocycles. The van der Waals surface area contributed by atoms with Crippen LogP contribution in [0, 0.1) is 16.0 Å². The maximum Gasteiger partial charge on any atom is 0.372 e. The number of rotatable bonds is 5. The Morgan fingerprint density at radius 1 is 1.47 bits per heavy atom. The molecule has 19 heavy (non-hydrogen) atoms. The standard InChI is InChI=1S/C12H18N4O3/c1-8(9-5-3-4-6-9)15-11-10(16(17)18)12(19-2)14-7-13-11/h7-9H,3-6H2,1-2H3,(H,13,14,15). The van der Waals surface area contributed by atoms with Crippen LogP contribution < -0.4 is 10.1 Å². The highest BCUT2D eigenvalue weighted by molar-refractivity contribution is 5.61. The molecule has 0 bridgehead atoms. The Morgan fingerprint density at radius 2 is 2.16 bits per heavy atom. The number of ether oxygens (including phenoxy) is 1. The van der Waals surface area contributed by atoms with Crippen LogP contribution in [0.3, 0.4) is 0 Å². The molecule has 7 nitrogen and oxygen atoms in total. The second-order valence-electron chi connectivity index (χ2n) is 4.81. The lowest BCUT2D eigenvalue weighted by molar-refractivity contribution is -0.385. The van der Waals surface area contributed by atoms with E-state index in [9.17, 15) is 10.1 Å². The molecule has 0 amide bonds. The van der Waals surface area contributed by atoms with Gasteiger partial charge in [0.15, 0.2) is 0 Å². The first kappa shape index (κ1) is 13.5. The molecule has 0 spiro atoms. The van der Waals surface area contributed by atoms with Gasteiger partial charge < -0.3 is 10.1 Å². The van der Waals surface area contributed by atoms with Gasteiger partial charge in [-0.3, -0.25) is 10.1 Å². The van der Waals surface area contributed by atoms with Crippen molar-refractivity contribution in [3.05, 3.63) is 16.4 Å². The van der Waals surface area contributed by atoms with E-state index in [4.69, 9.17) is 4.74 Å². The molecule has 1 aromatic rings. The number of anilines is 1. The zero-order chi connectivity index (χ0) is 13.8. The summed E-state index contributed by atoms with van der Waals surface area (Å²) in [6.45, 7) is 2.04. The molecule has 1 fully saturated rings. The Kier molecular flexibility index (Phi) is 4.13. The molecule has 1 N–H and O–H groups in total. The Morgan fingerprint density at radius 3 is 2.74 bits per heavy atom. The van der Waals surface area contributed by atoms with Crippen LogP contribution in [0.5, 0.6) is 5.88 Å². The maximum atomic E-state index is 11.1. The lowest BCUT2D eigenvalue weighted by Crippen LogP contribution is -2.25. The predicted octanol–water partition coefficient (Wildman–Crippen LogP) is 2.38. The van der Waals surface area contributed by atoms with E-state index < -0.39 is 4.92 Å². The molecule has 1 unspecified atom stereocenters.